The summed E-state index contributed by atoms with van der Waals surface area (Å²) in [6.45, 7) is 0. The Labute approximate surface area is 105 Å². The molecule has 0 bridgehead atoms. The molecule has 0 heterocycles. The quantitative estimate of drug-likeness (QED) is 0.892. The molecule has 0 aromatic heterocycles. The maximum absolute atomic E-state index is 13.1. The van der Waals surface area contributed by atoms with Gasteiger partial charge in [-0.1, -0.05) is 0 Å². The van der Waals surface area contributed by atoms with E-state index in [1.165, 1.54) is 12.1 Å². The summed E-state index contributed by atoms with van der Waals surface area (Å²) in [5.41, 5.74) is 0.696. The smallest absolute Gasteiger partial charge is 0.303 e. The molecule has 1 aliphatic carbocycles. The van der Waals surface area contributed by atoms with Crippen molar-refractivity contribution in [3.63, 3.8) is 0 Å². The maximum atomic E-state index is 13.1. The van der Waals surface area contributed by atoms with Crippen LogP contribution in [0.3, 0.4) is 0 Å². The molecule has 2 rings (SSSR count). The number of carboxylic acid groups (broad SMARTS) is 1. The second-order valence-corrected chi connectivity index (χ2v) is 5.02. The third-order valence-corrected chi connectivity index (χ3v) is 3.67. The van der Waals surface area contributed by atoms with Gasteiger partial charge in [0.15, 0.2) is 0 Å². The molecular weight excluding hydrogens is 238 g/mol. The maximum Gasteiger partial charge on any atom is 0.303 e. The zero-order chi connectivity index (χ0) is 13.1. The number of halogens is 2. The van der Waals surface area contributed by atoms with E-state index in [0.29, 0.717) is 5.56 Å². The lowest BCUT2D eigenvalue weighted by molar-refractivity contribution is -0.138. The van der Waals surface area contributed by atoms with Gasteiger partial charge in [0.2, 0.25) is 0 Å². The minimum absolute atomic E-state index is 0.153. The highest BCUT2D eigenvalue weighted by Gasteiger charge is 2.24. The Morgan fingerprint density at radius 3 is 2.17 bits per heavy atom. The summed E-state index contributed by atoms with van der Waals surface area (Å²) in [7, 11) is 0. The van der Waals surface area contributed by atoms with Gasteiger partial charge in [-0.15, -0.1) is 0 Å². The van der Waals surface area contributed by atoms with E-state index >= 15 is 0 Å². The van der Waals surface area contributed by atoms with E-state index in [1.807, 2.05) is 0 Å². The van der Waals surface area contributed by atoms with Crippen LogP contribution in [0.1, 0.15) is 43.6 Å². The van der Waals surface area contributed by atoms with E-state index in [2.05, 4.69) is 0 Å². The summed E-state index contributed by atoms with van der Waals surface area (Å²) in [5, 5.41) is 8.72. The van der Waals surface area contributed by atoms with Crippen LogP contribution in [0, 0.1) is 17.6 Å². The average Bonchev–Trinajstić information content (AvgIpc) is 2.27. The third-order valence-electron chi connectivity index (χ3n) is 3.67. The van der Waals surface area contributed by atoms with Crippen LogP contribution in [0.5, 0.6) is 0 Å². The first-order chi connectivity index (χ1) is 8.54. The predicted octanol–water partition coefficient (Wildman–Crippen LogP) is 3.71. The zero-order valence-corrected chi connectivity index (χ0v) is 10.0. The van der Waals surface area contributed by atoms with Gasteiger partial charge in [0.25, 0.3) is 0 Å². The molecular formula is C14H16F2O2. The minimum atomic E-state index is -0.768. The van der Waals surface area contributed by atoms with Crippen molar-refractivity contribution in [2.75, 3.05) is 0 Å². The van der Waals surface area contributed by atoms with E-state index in [9.17, 15) is 13.6 Å². The van der Waals surface area contributed by atoms with Crippen LogP contribution in [-0.2, 0) is 4.79 Å². The van der Waals surface area contributed by atoms with Crippen molar-refractivity contribution in [3.8, 4) is 0 Å². The molecule has 4 heteroatoms. The van der Waals surface area contributed by atoms with Crippen LogP contribution in [0.15, 0.2) is 18.2 Å². The number of carbonyl (C=O) groups is 1. The number of rotatable bonds is 3. The molecule has 0 saturated heterocycles. The Morgan fingerprint density at radius 2 is 1.67 bits per heavy atom. The molecule has 0 radical (unpaired) electrons. The lowest BCUT2D eigenvalue weighted by atomic mass is 9.77. The fourth-order valence-electron chi connectivity index (χ4n) is 2.76. The molecule has 18 heavy (non-hydrogen) atoms. The molecule has 1 aromatic carbocycles. The molecule has 0 atom stereocenters. The molecule has 98 valence electrons. The standard InChI is InChI=1S/C14H16F2O2/c15-12-6-11(7-13(16)8-12)10-3-1-9(2-4-10)5-14(17)18/h6-10H,1-5H2,(H,17,18). The number of benzene rings is 1. The molecule has 0 unspecified atom stereocenters. The van der Waals surface area contributed by atoms with Gasteiger partial charge in [-0.3, -0.25) is 4.79 Å². The van der Waals surface area contributed by atoms with Crippen molar-refractivity contribution in [1.82, 2.24) is 0 Å². The Morgan fingerprint density at radius 1 is 1.11 bits per heavy atom. The van der Waals surface area contributed by atoms with E-state index in [-0.39, 0.29) is 18.3 Å². The fourth-order valence-corrected chi connectivity index (χ4v) is 2.76. The SMILES string of the molecule is O=C(O)CC1CCC(c2cc(F)cc(F)c2)CC1. The van der Waals surface area contributed by atoms with Gasteiger partial charge in [0.05, 0.1) is 0 Å². The molecule has 1 aliphatic rings. The lowest BCUT2D eigenvalue weighted by Gasteiger charge is -2.27. The highest BCUT2D eigenvalue weighted by molar-refractivity contribution is 5.67. The molecule has 1 aromatic rings. The van der Waals surface area contributed by atoms with Crippen molar-refractivity contribution in [3.05, 3.63) is 35.4 Å². The third kappa shape index (κ3) is 3.28. The lowest BCUT2D eigenvalue weighted by Crippen LogP contribution is -2.16. The second kappa shape index (κ2) is 5.46. The van der Waals surface area contributed by atoms with Gasteiger partial charge < -0.3 is 5.11 Å². The van der Waals surface area contributed by atoms with Crippen molar-refractivity contribution >= 4 is 5.97 Å². The molecule has 0 aliphatic heterocycles. The van der Waals surface area contributed by atoms with Crippen molar-refractivity contribution in [2.45, 2.75) is 38.0 Å². The molecule has 2 nitrogen and oxygen atoms in total. The molecule has 1 saturated carbocycles. The van der Waals surface area contributed by atoms with Crippen LogP contribution in [0.25, 0.3) is 0 Å². The topological polar surface area (TPSA) is 37.3 Å². The van der Waals surface area contributed by atoms with Gasteiger partial charge in [0.1, 0.15) is 11.6 Å². The van der Waals surface area contributed by atoms with Crippen LogP contribution >= 0.6 is 0 Å². The Bertz CT molecular complexity index is 417. The van der Waals surface area contributed by atoms with Crippen molar-refractivity contribution in [1.29, 1.82) is 0 Å². The zero-order valence-electron chi connectivity index (χ0n) is 10.0. The summed E-state index contributed by atoms with van der Waals surface area (Å²) in [4.78, 5) is 10.6. The highest BCUT2D eigenvalue weighted by Crippen LogP contribution is 2.37. The van der Waals surface area contributed by atoms with E-state index < -0.39 is 17.6 Å². The largest absolute Gasteiger partial charge is 0.481 e. The summed E-state index contributed by atoms with van der Waals surface area (Å²) in [5.74, 6) is -1.50. The average molecular weight is 254 g/mol. The number of hydrogen-bond acceptors (Lipinski definition) is 1. The first-order valence-electron chi connectivity index (χ1n) is 6.22. The Hall–Kier alpha value is -1.45. The van der Waals surface area contributed by atoms with Crippen LogP contribution < -0.4 is 0 Å². The summed E-state index contributed by atoms with van der Waals surface area (Å²) in [6.07, 6.45) is 3.44. The Kier molecular flexibility index (Phi) is 3.94. The monoisotopic (exact) mass is 254 g/mol. The van der Waals surface area contributed by atoms with E-state index in [1.54, 1.807) is 0 Å². The first-order valence-corrected chi connectivity index (χ1v) is 6.22. The normalized spacial score (nSPS) is 23.9. The number of hydrogen-bond donors (Lipinski definition) is 1. The van der Waals surface area contributed by atoms with Gasteiger partial charge in [-0.05, 0) is 55.2 Å². The van der Waals surface area contributed by atoms with E-state index in [4.69, 9.17) is 5.11 Å². The van der Waals surface area contributed by atoms with Gasteiger partial charge in [0, 0.05) is 12.5 Å². The Balaban J connectivity index is 1.98. The predicted molar refractivity (Wildman–Crippen MR) is 63.3 cm³/mol. The summed E-state index contributed by atoms with van der Waals surface area (Å²) >= 11 is 0. The van der Waals surface area contributed by atoms with Crippen LogP contribution in [-0.4, -0.2) is 11.1 Å². The van der Waals surface area contributed by atoms with Gasteiger partial charge in [-0.25, -0.2) is 8.78 Å². The van der Waals surface area contributed by atoms with Crippen molar-refractivity contribution in [2.24, 2.45) is 5.92 Å². The van der Waals surface area contributed by atoms with Gasteiger partial charge >= 0.3 is 5.97 Å². The molecule has 1 N–H and O–H groups in total. The molecule has 0 spiro atoms. The summed E-state index contributed by atoms with van der Waals surface area (Å²) < 4.78 is 26.2. The fraction of sp³-hybridized carbons (Fsp3) is 0.500. The number of carboxylic acids is 1. The first kappa shape index (κ1) is 13.0. The molecule has 1 fully saturated rings. The minimum Gasteiger partial charge on any atom is -0.481 e. The van der Waals surface area contributed by atoms with E-state index in [0.717, 1.165) is 31.7 Å². The summed E-state index contributed by atoms with van der Waals surface area (Å²) in [6, 6.07) is 3.64. The molecule has 0 amide bonds. The highest BCUT2D eigenvalue weighted by atomic mass is 19.1. The van der Waals surface area contributed by atoms with Crippen LogP contribution in [0.2, 0.25) is 0 Å². The number of aliphatic carboxylic acids is 1. The second-order valence-electron chi connectivity index (χ2n) is 5.02. The van der Waals surface area contributed by atoms with Crippen LogP contribution in [0.4, 0.5) is 8.78 Å². The van der Waals surface area contributed by atoms with Crippen molar-refractivity contribution < 1.29 is 18.7 Å². The van der Waals surface area contributed by atoms with Gasteiger partial charge in [-0.2, -0.15) is 0 Å².